The molecular formula is C15H15ClN4. The molecule has 0 fully saturated rings. The van der Waals surface area contributed by atoms with Gasteiger partial charge in [-0.1, -0.05) is 23.7 Å². The van der Waals surface area contributed by atoms with E-state index in [4.69, 9.17) is 11.6 Å². The smallest absolute Gasteiger partial charge is 0.0953 e. The Morgan fingerprint density at radius 3 is 2.60 bits per heavy atom. The molecule has 2 heterocycles. The van der Waals surface area contributed by atoms with Gasteiger partial charge in [-0.15, -0.1) is 0 Å². The Morgan fingerprint density at radius 2 is 1.90 bits per heavy atom. The zero-order valence-electron chi connectivity index (χ0n) is 11.3. The minimum atomic E-state index is 0.348. The van der Waals surface area contributed by atoms with Crippen molar-refractivity contribution in [3.05, 3.63) is 48.0 Å². The highest BCUT2D eigenvalue weighted by Crippen LogP contribution is 2.31. The first kappa shape index (κ1) is 12.9. The van der Waals surface area contributed by atoms with Gasteiger partial charge in [0.1, 0.15) is 0 Å². The van der Waals surface area contributed by atoms with Crippen LogP contribution < -0.4 is 0 Å². The lowest BCUT2D eigenvalue weighted by atomic mass is 10.1. The van der Waals surface area contributed by atoms with Gasteiger partial charge in [-0.2, -0.15) is 5.10 Å². The number of nitrogens with one attached hydrogen (secondary N) is 1. The molecule has 0 aliphatic heterocycles. The summed E-state index contributed by atoms with van der Waals surface area (Å²) < 4.78 is 2.13. The second kappa shape index (κ2) is 5.13. The van der Waals surface area contributed by atoms with Gasteiger partial charge in [-0.25, -0.2) is 4.98 Å². The molecule has 20 heavy (non-hydrogen) atoms. The van der Waals surface area contributed by atoms with E-state index < -0.39 is 0 Å². The van der Waals surface area contributed by atoms with E-state index in [0.29, 0.717) is 6.04 Å². The molecule has 0 unspecified atom stereocenters. The van der Waals surface area contributed by atoms with Crippen molar-refractivity contribution in [1.82, 2.24) is 19.7 Å². The Hall–Kier alpha value is -2.07. The highest BCUT2D eigenvalue weighted by molar-refractivity contribution is 6.30. The van der Waals surface area contributed by atoms with Crippen molar-refractivity contribution in [3.8, 4) is 22.5 Å². The Labute approximate surface area is 122 Å². The topological polar surface area (TPSA) is 46.5 Å². The van der Waals surface area contributed by atoms with Crippen LogP contribution in [-0.2, 0) is 0 Å². The van der Waals surface area contributed by atoms with Crippen LogP contribution in [0.1, 0.15) is 19.9 Å². The summed E-state index contributed by atoms with van der Waals surface area (Å²) in [6.45, 7) is 4.26. The maximum Gasteiger partial charge on any atom is 0.0953 e. The highest BCUT2D eigenvalue weighted by Gasteiger charge is 2.14. The van der Waals surface area contributed by atoms with E-state index in [1.807, 2.05) is 43.0 Å². The van der Waals surface area contributed by atoms with E-state index in [1.54, 1.807) is 0 Å². The van der Waals surface area contributed by atoms with Gasteiger partial charge >= 0.3 is 0 Å². The average Bonchev–Trinajstić information content (AvgIpc) is 3.07. The third kappa shape index (κ3) is 2.23. The minimum Gasteiger partial charge on any atom is -0.328 e. The lowest BCUT2D eigenvalue weighted by Gasteiger charge is -2.11. The average molecular weight is 287 g/mol. The van der Waals surface area contributed by atoms with Crippen LogP contribution in [0.25, 0.3) is 22.5 Å². The Kier molecular flexibility index (Phi) is 3.32. The molecule has 0 bridgehead atoms. The van der Waals surface area contributed by atoms with E-state index in [0.717, 1.165) is 27.5 Å². The zero-order chi connectivity index (χ0) is 14.1. The summed E-state index contributed by atoms with van der Waals surface area (Å²) in [5.74, 6) is 0. The number of aromatic amines is 1. The number of hydrogen-bond donors (Lipinski definition) is 1. The van der Waals surface area contributed by atoms with Gasteiger partial charge in [0, 0.05) is 22.2 Å². The Bertz CT molecular complexity index is 710. The fraction of sp³-hybridized carbons (Fsp3) is 0.200. The summed E-state index contributed by atoms with van der Waals surface area (Å²) in [5.41, 5.74) is 4.12. The van der Waals surface area contributed by atoms with Gasteiger partial charge in [0.25, 0.3) is 0 Å². The van der Waals surface area contributed by atoms with Gasteiger partial charge in [0.2, 0.25) is 0 Å². The van der Waals surface area contributed by atoms with Crippen LogP contribution in [0.15, 0.2) is 43.0 Å². The van der Waals surface area contributed by atoms with Crippen molar-refractivity contribution in [2.45, 2.75) is 19.9 Å². The standard InChI is InChI=1S/C15H15ClN4/c1-10(2)20-9-17-8-14(20)13-7-18-19-15(13)11-3-5-12(16)6-4-11/h3-10H,1-2H3,(H,18,19). The molecule has 1 N–H and O–H groups in total. The SMILES string of the molecule is CC(C)n1cncc1-c1cn[nH]c1-c1ccc(Cl)cc1. The number of halogens is 1. The molecule has 0 aliphatic carbocycles. The van der Waals surface area contributed by atoms with Crippen molar-refractivity contribution in [1.29, 1.82) is 0 Å². The van der Waals surface area contributed by atoms with Crippen molar-refractivity contribution in [2.24, 2.45) is 0 Å². The maximum absolute atomic E-state index is 5.94. The third-order valence-electron chi connectivity index (χ3n) is 3.27. The Balaban J connectivity index is 2.10. The van der Waals surface area contributed by atoms with Gasteiger partial charge in [-0.05, 0) is 26.0 Å². The number of nitrogens with zero attached hydrogens (tertiary/aromatic N) is 3. The molecule has 0 saturated heterocycles. The van der Waals surface area contributed by atoms with E-state index in [-0.39, 0.29) is 0 Å². The predicted octanol–water partition coefficient (Wildman–Crippen LogP) is 4.17. The molecule has 0 spiro atoms. The number of rotatable bonds is 3. The van der Waals surface area contributed by atoms with Crippen LogP contribution in [-0.4, -0.2) is 19.7 Å². The van der Waals surface area contributed by atoms with Crippen molar-refractivity contribution in [3.63, 3.8) is 0 Å². The summed E-state index contributed by atoms with van der Waals surface area (Å²) >= 11 is 5.94. The number of H-pyrrole nitrogens is 1. The van der Waals surface area contributed by atoms with Crippen LogP contribution >= 0.6 is 11.6 Å². The fourth-order valence-corrected chi connectivity index (χ4v) is 2.37. The van der Waals surface area contributed by atoms with E-state index in [1.165, 1.54) is 0 Å². The summed E-state index contributed by atoms with van der Waals surface area (Å²) in [4.78, 5) is 4.25. The molecule has 3 aromatic rings. The highest BCUT2D eigenvalue weighted by atomic mass is 35.5. The predicted molar refractivity (Wildman–Crippen MR) is 80.6 cm³/mol. The van der Waals surface area contributed by atoms with Crippen LogP contribution in [0.2, 0.25) is 5.02 Å². The normalized spacial score (nSPS) is 11.2. The minimum absolute atomic E-state index is 0.348. The largest absolute Gasteiger partial charge is 0.328 e. The van der Waals surface area contributed by atoms with Crippen LogP contribution in [0.5, 0.6) is 0 Å². The van der Waals surface area contributed by atoms with Gasteiger partial charge in [-0.3, -0.25) is 5.10 Å². The summed E-state index contributed by atoms with van der Waals surface area (Å²) in [6.07, 6.45) is 5.54. The quantitative estimate of drug-likeness (QED) is 0.785. The zero-order valence-corrected chi connectivity index (χ0v) is 12.1. The molecule has 102 valence electrons. The number of hydrogen-bond acceptors (Lipinski definition) is 2. The second-order valence-corrected chi connectivity index (χ2v) is 5.38. The first-order valence-electron chi connectivity index (χ1n) is 6.48. The molecule has 3 rings (SSSR count). The number of aromatic nitrogens is 4. The first-order valence-corrected chi connectivity index (χ1v) is 6.86. The van der Waals surface area contributed by atoms with Crippen molar-refractivity contribution < 1.29 is 0 Å². The van der Waals surface area contributed by atoms with Gasteiger partial charge in [0.05, 0.1) is 30.1 Å². The maximum atomic E-state index is 5.94. The molecular weight excluding hydrogens is 272 g/mol. The monoisotopic (exact) mass is 286 g/mol. The molecule has 0 radical (unpaired) electrons. The molecule has 0 amide bonds. The van der Waals surface area contributed by atoms with E-state index in [9.17, 15) is 0 Å². The summed E-state index contributed by atoms with van der Waals surface area (Å²) in [7, 11) is 0. The molecule has 5 heteroatoms. The van der Waals surface area contributed by atoms with Gasteiger partial charge < -0.3 is 4.57 Å². The molecule has 0 aliphatic rings. The van der Waals surface area contributed by atoms with Crippen LogP contribution in [0.3, 0.4) is 0 Å². The van der Waals surface area contributed by atoms with E-state index in [2.05, 4.69) is 33.6 Å². The Morgan fingerprint density at radius 1 is 1.15 bits per heavy atom. The molecule has 0 saturated carbocycles. The third-order valence-corrected chi connectivity index (χ3v) is 3.52. The number of imidazole rings is 1. The molecule has 0 atom stereocenters. The second-order valence-electron chi connectivity index (χ2n) is 4.95. The van der Waals surface area contributed by atoms with Gasteiger partial charge in [0.15, 0.2) is 0 Å². The number of benzene rings is 1. The molecule has 2 aromatic heterocycles. The first-order chi connectivity index (χ1) is 9.66. The van der Waals surface area contributed by atoms with Crippen LogP contribution in [0, 0.1) is 0 Å². The van der Waals surface area contributed by atoms with Crippen molar-refractivity contribution >= 4 is 11.6 Å². The lowest BCUT2D eigenvalue weighted by molar-refractivity contribution is 0.605. The fourth-order valence-electron chi connectivity index (χ4n) is 2.24. The van der Waals surface area contributed by atoms with Crippen molar-refractivity contribution in [2.75, 3.05) is 0 Å². The summed E-state index contributed by atoms with van der Waals surface area (Å²) in [5, 5.41) is 7.96. The van der Waals surface area contributed by atoms with E-state index >= 15 is 0 Å². The molecule has 1 aromatic carbocycles. The van der Waals surface area contributed by atoms with Crippen LogP contribution in [0.4, 0.5) is 0 Å². The summed E-state index contributed by atoms with van der Waals surface area (Å²) in [6, 6.07) is 8.06. The molecule has 4 nitrogen and oxygen atoms in total. The lowest BCUT2D eigenvalue weighted by Crippen LogP contribution is -2.01.